The zero-order chi connectivity index (χ0) is 9.68. The first-order valence-corrected chi connectivity index (χ1v) is 5.19. The summed E-state index contributed by atoms with van der Waals surface area (Å²) >= 11 is 0. The number of hydrogen-bond donors (Lipinski definition) is 2. The van der Waals surface area contributed by atoms with Gasteiger partial charge in [-0.3, -0.25) is 0 Å². The monoisotopic (exact) mass is 186 g/mol. The van der Waals surface area contributed by atoms with Gasteiger partial charge in [-0.2, -0.15) is 0 Å². The molecule has 0 aliphatic carbocycles. The molecule has 0 saturated carbocycles. The fourth-order valence-electron chi connectivity index (χ4n) is 1.66. The molecule has 0 aromatic heterocycles. The molecule has 3 heteroatoms. The Balaban J connectivity index is 2.03. The van der Waals surface area contributed by atoms with Crippen molar-refractivity contribution in [3.8, 4) is 0 Å². The zero-order valence-electron chi connectivity index (χ0n) is 8.97. The van der Waals surface area contributed by atoms with Crippen LogP contribution in [-0.4, -0.2) is 38.9 Å². The smallest absolute Gasteiger partial charge is 0.0711 e. The highest BCUT2D eigenvalue weighted by Gasteiger charge is 2.22. The molecule has 2 atom stereocenters. The molecule has 0 amide bonds. The summed E-state index contributed by atoms with van der Waals surface area (Å²) in [7, 11) is 1.79. The van der Waals surface area contributed by atoms with Gasteiger partial charge in [0.1, 0.15) is 0 Å². The van der Waals surface area contributed by atoms with E-state index in [1.165, 1.54) is 0 Å². The third kappa shape index (κ3) is 4.07. The summed E-state index contributed by atoms with van der Waals surface area (Å²) in [6, 6.07) is 0.601. The number of ether oxygens (including phenoxy) is 1. The Labute approximate surface area is 81.2 Å². The summed E-state index contributed by atoms with van der Waals surface area (Å²) in [5, 5.41) is 6.90. The van der Waals surface area contributed by atoms with Crippen LogP contribution in [0.1, 0.15) is 20.3 Å². The van der Waals surface area contributed by atoms with Gasteiger partial charge in [0.2, 0.25) is 0 Å². The summed E-state index contributed by atoms with van der Waals surface area (Å²) in [6.07, 6.45) is 1.56. The van der Waals surface area contributed by atoms with Crippen LogP contribution in [0.15, 0.2) is 0 Å². The number of rotatable bonds is 5. The van der Waals surface area contributed by atoms with Crippen molar-refractivity contribution in [3.63, 3.8) is 0 Å². The van der Waals surface area contributed by atoms with E-state index in [0.29, 0.717) is 12.1 Å². The quantitative estimate of drug-likeness (QED) is 0.660. The molecule has 1 rings (SSSR count). The molecular weight excluding hydrogens is 164 g/mol. The second-order valence-corrected chi connectivity index (χ2v) is 4.25. The molecule has 3 nitrogen and oxygen atoms in total. The van der Waals surface area contributed by atoms with Crippen molar-refractivity contribution in [1.82, 2.24) is 10.6 Å². The molecule has 0 aromatic carbocycles. The molecule has 0 aromatic rings. The van der Waals surface area contributed by atoms with E-state index in [4.69, 9.17) is 4.74 Å². The molecule has 1 aliphatic heterocycles. The highest BCUT2D eigenvalue weighted by atomic mass is 16.5. The average Bonchev–Trinajstić information content (AvgIpc) is 2.52. The van der Waals surface area contributed by atoms with Gasteiger partial charge in [-0.15, -0.1) is 0 Å². The normalized spacial score (nSPS) is 28.6. The molecule has 1 aliphatic rings. The number of hydrogen-bond acceptors (Lipinski definition) is 3. The van der Waals surface area contributed by atoms with E-state index in [1.54, 1.807) is 7.11 Å². The van der Waals surface area contributed by atoms with Gasteiger partial charge in [0.05, 0.1) is 6.10 Å². The third-order valence-electron chi connectivity index (χ3n) is 2.46. The lowest BCUT2D eigenvalue weighted by Gasteiger charge is -2.12. The number of nitrogens with one attached hydrogen (secondary N) is 2. The molecule has 13 heavy (non-hydrogen) atoms. The van der Waals surface area contributed by atoms with Gasteiger partial charge in [0.15, 0.2) is 0 Å². The van der Waals surface area contributed by atoms with E-state index >= 15 is 0 Å². The van der Waals surface area contributed by atoms with Gasteiger partial charge in [0.25, 0.3) is 0 Å². The predicted molar refractivity (Wildman–Crippen MR) is 54.9 cm³/mol. The van der Waals surface area contributed by atoms with Crippen LogP contribution in [0, 0.1) is 5.92 Å². The van der Waals surface area contributed by atoms with Crippen LogP contribution in [0.2, 0.25) is 0 Å². The highest BCUT2D eigenvalue weighted by molar-refractivity contribution is 4.83. The highest BCUT2D eigenvalue weighted by Crippen LogP contribution is 2.08. The minimum atomic E-state index is 0.422. The van der Waals surface area contributed by atoms with Gasteiger partial charge in [-0.1, -0.05) is 13.8 Å². The Morgan fingerprint density at radius 1 is 1.54 bits per heavy atom. The third-order valence-corrected chi connectivity index (χ3v) is 2.46. The summed E-state index contributed by atoms with van der Waals surface area (Å²) in [5.74, 6) is 0.736. The van der Waals surface area contributed by atoms with E-state index in [0.717, 1.165) is 32.0 Å². The van der Waals surface area contributed by atoms with Crippen molar-refractivity contribution < 1.29 is 4.74 Å². The maximum absolute atomic E-state index is 5.28. The van der Waals surface area contributed by atoms with Crippen LogP contribution < -0.4 is 10.6 Å². The van der Waals surface area contributed by atoms with Gasteiger partial charge in [-0.25, -0.2) is 0 Å². The molecule has 2 N–H and O–H groups in total. The van der Waals surface area contributed by atoms with Crippen LogP contribution >= 0.6 is 0 Å². The molecule has 0 bridgehead atoms. The summed E-state index contributed by atoms with van der Waals surface area (Å²) in [4.78, 5) is 0. The number of methoxy groups -OCH3 is 1. The molecule has 0 radical (unpaired) electrons. The minimum absolute atomic E-state index is 0.422. The fourth-order valence-corrected chi connectivity index (χ4v) is 1.66. The van der Waals surface area contributed by atoms with Crippen LogP contribution in [0.5, 0.6) is 0 Å². The molecular formula is C10H22N2O. The van der Waals surface area contributed by atoms with Crippen molar-refractivity contribution in [2.45, 2.75) is 32.4 Å². The maximum atomic E-state index is 5.28. The Kier molecular flexibility index (Phi) is 4.70. The van der Waals surface area contributed by atoms with Crippen molar-refractivity contribution in [1.29, 1.82) is 0 Å². The standard InChI is InChI=1S/C10H22N2O/c1-8(2)5-11-6-9-4-10(13-3)7-12-9/h8-12H,4-7H2,1-3H3. The Hall–Kier alpha value is -0.120. The minimum Gasteiger partial charge on any atom is -0.380 e. The first-order valence-electron chi connectivity index (χ1n) is 5.19. The lowest BCUT2D eigenvalue weighted by atomic mass is 10.2. The van der Waals surface area contributed by atoms with E-state index in [1.807, 2.05) is 0 Å². The Morgan fingerprint density at radius 3 is 2.85 bits per heavy atom. The Bertz CT molecular complexity index is 139. The Morgan fingerprint density at radius 2 is 2.31 bits per heavy atom. The first-order chi connectivity index (χ1) is 6.22. The van der Waals surface area contributed by atoms with Gasteiger partial charge in [-0.05, 0) is 18.9 Å². The second-order valence-electron chi connectivity index (χ2n) is 4.25. The van der Waals surface area contributed by atoms with E-state index < -0.39 is 0 Å². The van der Waals surface area contributed by atoms with E-state index in [2.05, 4.69) is 24.5 Å². The second kappa shape index (κ2) is 5.58. The van der Waals surface area contributed by atoms with Gasteiger partial charge < -0.3 is 15.4 Å². The van der Waals surface area contributed by atoms with Gasteiger partial charge in [0, 0.05) is 26.2 Å². The molecule has 1 fully saturated rings. The lowest BCUT2D eigenvalue weighted by molar-refractivity contribution is 0.117. The van der Waals surface area contributed by atoms with Crippen molar-refractivity contribution in [2.24, 2.45) is 5.92 Å². The first kappa shape index (κ1) is 11.0. The van der Waals surface area contributed by atoms with Crippen molar-refractivity contribution in [3.05, 3.63) is 0 Å². The average molecular weight is 186 g/mol. The van der Waals surface area contributed by atoms with E-state index in [9.17, 15) is 0 Å². The fraction of sp³-hybridized carbons (Fsp3) is 1.00. The van der Waals surface area contributed by atoms with Crippen molar-refractivity contribution >= 4 is 0 Å². The molecule has 1 heterocycles. The van der Waals surface area contributed by atoms with E-state index in [-0.39, 0.29) is 0 Å². The maximum Gasteiger partial charge on any atom is 0.0711 e. The molecule has 2 unspecified atom stereocenters. The molecule has 0 spiro atoms. The zero-order valence-corrected chi connectivity index (χ0v) is 8.97. The largest absolute Gasteiger partial charge is 0.380 e. The van der Waals surface area contributed by atoms with Gasteiger partial charge >= 0.3 is 0 Å². The molecule has 1 saturated heterocycles. The van der Waals surface area contributed by atoms with Crippen LogP contribution in [-0.2, 0) is 4.74 Å². The summed E-state index contributed by atoms with van der Waals surface area (Å²) in [6.45, 7) is 7.64. The van der Waals surface area contributed by atoms with Crippen molar-refractivity contribution in [2.75, 3.05) is 26.7 Å². The van der Waals surface area contributed by atoms with Crippen LogP contribution in [0.4, 0.5) is 0 Å². The summed E-state index contributed by atoms with van der Waals surface area (Å²) in [5.41, 5.74) is 0. The lowest BCUT2D eigenvalue weighted by Crippen LogP contribution is -2.35. The predicted octanol–water partition coefficient (Wildman–Crippen LogP) is 0.609. The summed E-state index contributed by atoms with van der Waals surface area (Å²) < 4.78 is 5.28. The van der Waals surface area contributed by atoms with Crippen LogP contribution in [0.3, 0.4) is 0 Å². The SMILES string of the molecule is COC1CNC(CNCC(C)C)C1. The topological polar surface area (TPSA) is 33.3 Å². The van der Waals surface area contributed by atoms with Crippen LogP contribution in [0.25, 0.3) is 0 Å². The molecule has 78 valence electrons.